The highest BCUT2D eigenvalue weighted by Crippen LogP contribution is 2.37. The zero-order valence-electron chi connectivity index (χ0n) is 16.3. The van der Waals surface area contributed by atoms with Crippen LogP contribution in [0.2, 0.25) is 0 Å². The van der Waals surface area contributed by atoms with E-state index in [-0.39, 0.29) is 5.92 Å². The molecule has 144 valence electrons. The number of hydrogen-bond acceptors (Lipinski definition) is 4. The van der Waals surface area contributed by atoms with Gasteiger partial charge in [-0.05, 0) is 37.6 Å². The minimum absolute atomic E-state index is 0.188. The molecule has 1 saturated carbocycles. The van der Waals surface area contributed by atoms with Gasteiger partial charge in [0.05, 0.1) is 18.2 Å². The lowest BCUT2D eigenvalue weighted by molar-refractivity contribution is -0.141. The lowest BCUT2D eigenvalue weighted by Gasteiger charge is -2.49. The predicted octanol–water partition coefficient (Wildman–Crippen LogP) is 2.20. The van der Waals surface area contributed by atoms with Crippen molar-refractivity contribution in [1.29, 1.82) is 0 Å². The van der Waals surface area contributed by atoms with Gasteiger partial charge >= 0.3 is 0 Å². The van der Waals surface area contributed by atoms with Crippen molar-refractivity contribution in [3.8, 4) is 0 Å². The number of aromatic nitrogens is 3. The first-order valence-electron chi connectivity index (χ1n) is 10.4. The largest absolute Gasteiger partial charge is 0.349 e. The standard InChI is InChI=1S/C20H33N5O/c1-23(2)20(26)19-14-24-9-8-16(19)11-18(24)13-25-12-17(21-22-25)10-15-6-4-3-5-7-15/h12,15-16,18-19H,3-11,13-14H2,1-2H3/t16-,18-,19-/m1/s1. The van der Waals surface area contributed by atoms with E-state index in [4.69, 9.17) is 0 Å². The third kappa shape index (κ3) is 3.80. The lowest BCUT2D eigenvalue weighted by atomic mass is 9.75. The molecule has 6 heteroatoms. The van der Waals surface area contributed by atoms with E-state index in [9.17, 15) is 4.79 Å². The molecular weight excluding hydrogens is 326 g/mol. The fourth-order valence-electron chi connectivity index (χ4n) is 5.36. The van der Waals surface area contributed by atoms with E-state index >= 15 is 0 Å². The minimum Gasteiger partial charge on any atom is -0.349 e. The third-order valence-electron chi connectivity index (χ3n) is 6.84. The molecule has 4 heterocycles. The molecule has 1 aliphatic carbocycles. The monoisotopic (exact) mass is 359 g/mol. The first kappa shape index (κ1) is 18.0. The Kier molecular flexibility index (Phi) is 5.30. The van der Waals surface area contributed by atoms with E-state index in [1.165, 1.54) is 32.1 Å². The van der Waals surface area contributed by atoms with Crippen molar-refractivity contribution >= 4 is 5.91 Å². The van der Waals surface area contributed by atoms with Crippen LogP contribution >= 0.6 is 0 Å². The van der Waals surface area contributed by atoms with Crippen molar-refractivity contribution in [2.24, 2.45) is 17.8 Å². The SMILES string of the molecule is CN(C)C(=O)[C@@H]1CN2CC[C@@H]1C[C@@H]2Cn1cc(CC2CCCCC2)nn1. The summed E-state index contributed by atoms with van der Waals surface area (Å²) in [5, 5.41) is 8.84. The van der Waals surface area contributed by atoms with Crippen LogP contribution < -0.4 is 0 Å². The van der Waals surface area contributed by atoms with Crippen LogP contribution in [-0.2, 0) is 17.8 Å². The van der Waals surface area contributed by atoms with Gasteiger partial charge in [-0.2, -0.15) is 0 Å². The average Bonchev–Trinajstić information content (AvgIpc) is 3.09. The van der Waals surface area contributed by atoms with Gasteiger partial charge in [0, 0.05) is 32.9 Å². The molecular formula is C20H33N5O. The molecule has 2 bridgehead atoms. The maximum absolute atomic E-state index is 12.4. The first-order valence-corrected chi connectivity index (χ1v) is 10.4. The van der Waals surface area contributed by atoms with Gasteiger partial charge in [0.1, 0.15) is 0 Å². The summed E-state index contributed by atoms with van der Waals surface area (Å²) in [7, 11) is 3.75. The number of nitrogens with zero attached hydrogens (tertiary/aromatic N) is 5. The molecule has 0 radical (unpaired) electrons. The molecule has 1 aromatic rings. The molecule has 0 N–H and O–H groups in total. The van der Waals surface area contributed by atoms with E-state index in [1.54, 1.807) is 4.90 Å². The van der Waals surface area contributed by atoms with Crippen molar-refractivity contribution in [3.05, 3.63) is 11.9 Å². The number of carbonyl (C=O) groups excluding carboxylic acids is 1. The number of rotatable bonds is 5. The van der Waals surface area contributed by atoms with E-state index in [1.807, 2.05) is 18.8 Å². The zero-order chi connectivity index (χ0) is 18.1. The van der Waals surface area contributed by atoms with Crippen LogP contribution in [0.25, 0.3) is 0 Å². The maximum Gasteiger partial charge on any atom is 0.226 e. The Morgan fingerprint density at radius 1 is 1.23 bits per heavy atom. The fraction of sp³-hybridized carbons (Fsp3) is 0.850. The second-order valence-electron chi connectivity index (χ2n) is 8.91. The van der Waals surface area contributed by atoms with Crippen molar-refractivity contribution in [2.45, 2.75) is 64.0 Å². The van der Waals surface area contributed by atoms with E-state index in [0.29, 0.717) is 17.9 Å². The van der Waals surface area contributed by atoms with Gasteiger partial charge < -0.3 is 4.90 Å². The molecule has 1 aromatic heterocycles. The highest BCUT2D eigenvalue weighted by molar-refractivity contribution is 5.79. The summed E-state index contributed by atoms with van der Waals surface area (Å²) >= 11 is 0. The minimum atomic E-state index is 0.188. The number of fused-ring (bicyclic) bond motifs is 3. The Morgan fingerprint density at radius 3 is 2.73 bits per heavy atom. The van der Waals surface area contributed by atoms with E-state index in [0.717, 1.165) is 50.5 Å². The van der Waals surface area contributed by atoms with Gasteiger partial charge in [-0.3, -0.25) is 14.4 Å². The predicted molar refractivity (Wildman–Crippen MR) is 101 cm³/mol. The average molecular weight is 360 g/mol. The molecule has 0 aromatic carbocycles. The summed E-state index contributed by atoms with van der Waals surface area (Å²) in [6.45, 7) is 2.95. The topological polar surface area (TPSA) is 54.3 Å². The quantitative estimate of drug-likeness (QED) is 0.809. The van der Waals surface area contributed by atoms with Crippen LogP contribution in [0.15, 0.2) is 6.20 Å². The normalized spacial score (nSPS) is 31.9. The highest BCUT2D eigenvalue weighted by Gasteiger charge is 2.43. The third-order valence-corrected chi connectivity index (χ3v) is 6.84. The van der Waals surface area contributed by atoms with E-state index < -0.39 is 0 Å². The molecule has 0 spiro atoms. The molecule has 4 aliphatic rings. The Hall–Kier alpha value is -1.43. The van der Waals surface area contributed by atoms with Gasteiger partial charge in [0.25, 0.3) is 0 Å². The number of amides is 1. The van der Waals surface area contributed by atoms with Gasteiger partial charge in [-0.25, -0.2) is 0 Å². The molecule has 6 nitrogen and oxygen atoms in total. The van der Waals surface area contributed by atoms with Crippen molar-refractivity contribution in [2.75, 3.05) is 27.2 Å². The molecule has 1 unspecified atom stereocenters. The Bertz CT molecular complexity index is 621. The van der Waals surface area contributed by atoms with Gasteiger partial charge in [0.15, 0.2) is 0 Å². The number of carbonyl (C=O) groups is 1. The Labute approximate surface area is 156 Å². The van der Waals surface area contributed by atoms with Gasteiger partial charge in [-0.15, -0.1) is 5.10 Å². The van der Waals surface area contributed by atoms with E-state index in [2.05, 4.69) is 21.4 Å². The summed E-state index contributed by atoms with van der Waals surface area (Å²) < 4.78 is 2.05. The molecule has 5 rings (SSSR count). The molecule has 26 heavy (non-hydrogen) atoms. The summed E-state index contributed by atoms with van der Waals surface area (Å²) in [6, 6.07) is 0.504. The smallest absolute Gasteiger partial charge is 0.226 e. The van der Waals surface area contributed by atoms with Crippen LogP contribution in [-0.4, -0.2) is 63.9 Å². The first-order chi connectivity index (χ1) is 12.6. The summed E-state index contributed by atoms with van der Waals surface area (Å²) in [5.74, 6) is 1.83. The molecule has 3 saturated heterocycles. The highest BCUT2D eigenvalue weighted by atomic mass is 16.2. The zero-order valence-corrected chi connectivity index (χ0v) is 16.3. The molecule has 3 aliphatic heterocycles. The van der Waals surface area contributed by atoms with Crippen molar-refractivity contribution in [1.82, 2.24) is 24.8 Å². The fourth-order valence-corrected chi connectivity index (χ4v) is 5.36. The lowest BCUT2D eigenvalue weighted by Crippen LogP contribution is -2.57. The van der Waals surface area contributed by atoms with Crippen LogP contribution in [0.1, 0.15) is 50.6 Å². The number of hydrogen-bond donors (Lipinski definition) is 0. The second kappa shape index (κ2) is 7.67. The van der Waals surface area contributed by atoms with Crippen LogP contribution in [0.5, 0.6) is 0 Å². The second-order valence-corrected chi connectivity index (χ2v) is 8.91. The summed E-state index contributed by atoms with van der Waals surface area (Å²) in [4.78, 5) is 16.7. The molecule has 4 atom stereocenters. The summed E-state index contributed by atoms with van der Waals surface area (Å²) in [6.07, 6.45) is 12.4. The molecule has 4 fully saturated rings. The maximum atomic E-state index is 12.4. The van der Waals surface area contributed by atoms with Crippen LogP contribution in [0.3, 0.4) is 0 Å². The Balaban J connectivity index is 1.33. The van der Waals surface area contributed by atoms with Crippen molar-refractivity contribution in [3.63, 3.8) is 0 Å². The number of piperidine rings is 3. The van der Waals surface area contributed by atoms with Gasteiger partial charge in [0.2, 0.25) is 5.91 Å². The Morgan fingerprint density at radius 2 is 2.04 bits per heavy atom. The van der Waals surface area contributed by atoms with Crippen molar-refractivity contribution < 1.29 is 4.79 Å². The molecule has 1 amide bonds. The van der Waals surface area contributed by atoms with Gasteiger partial charge in [-0.1, -0.05) is 37.3 Å². The van der Waals surface area contributed by atoms with Crippen LogP contribution in [0, 0.1) is 17.8 Å². The van der Waals surface area contributed by atoms with Crippen LogP contribution in [0.4, 0.5) is 0 Å². The summed E-state index contributed by atoms with van der Waals surface area (Å²) in [5.41, 5.74) is 1.16.